The Morgan fingerprint density at radius 1 is 0.439 bits per heavy atom. The van der Waals surface area contributed by atoms with Crippen LogP contribution in [0.1, 0.15) is 258 Å². The van der Waals surface area contributed by atoms with Crippen molar-refractivity contribution in [1.29, 1.82) is 0 Å². The van der Waals surface area contributed by atoms with Crippen LogP contribution in [-0.2, 0) is 18.4 Å². The number of likely N-dealkylation sites (N-methyl/N-ethyl adjacent to an activating group) is 1. The summed E-state index contributed by atoms with van der Waals surface area (Å²) < 4.78 is 23.4. The molecule has 3 unspecified atom stereocenters. The summed E-state index contributed by atoms with van der Waals surface area (Å²) in [4.78, 5) is 25.6. The third-order valence-corrected chi connectivity index (χ3v) is 15.0. The fraction of sp³-hybridized carbons (Fsp3) is 0.658. The van der Waals surface area contributed by atoms with Crippen LogP contribution in [0.25, 0.3) is 0 Å². The summed E-state index contributed by atoms with van der Waals surface area (Å²) >= 11 is 0. The first-order valence-corrected chi connectivity index (χ1v) is 34.7. The van der Waals surface area contributed by atoms with Gasteiger partial charge in [0.25, 0.3) is 7.82 Å². The van der Waals surface area contributed by atoms with Crippen molar-refractivity contribution in [3.63, 3.8) is 0 Å². The van der Waals surface area contributed by atoms with E-state index in [1.807, 2.05) is 27.2 Å². The molecule has 0 rings (SSSR count). The second kappa shape index (κ2) is 61.9. The average molecular weight is 1160 g/mol. The fourth-order valence-electron chi connectivity index (χ4n) is 8.90. The average Bonchev–Trinajstić information content (AvgIpc) is 3.45. The Hall–Kier alpha value is -3.62. The number of hydrogen-bond donors (Lipinski definition) is 2. The molecule has 0 radical (unpaired) electrons. The topological polar surface area (TPSA) is 108 Å². The monoisotopic (exact) mass is 1160 g/mol. The SMILES string of the molecule is CC/C=C\C/C=C\C/C=C\C/C=C\C/C=C\C/C=C\C/C=C\C/C=C\C/C=C\C/C=C\CCCCCCC(=O)NC(COP(=O)([O-])OCC[N+](C)(C)C)C(O)/C=C/CC/C=C/CCCCCCCCCCCCCCCCCCCCC. The Balaban J connectivity index is 4.28. The molecule has 9 heteroatoms. The van der Waals surface area contributed by atoms with Crippen LogP contribution in [-0.4, -0.2) is 68.5 Å². The number of carbonyl (C=O) groups is 1. The Kier molecular flexibility index (Phi) is 59.2. The first kappa shape index (κ1) is 78.4. The van der Waals surface area contributed by atoms with Gasteiger partial charge in [-0.2, -0.15) is 0 Å². The molecule has 0 aliphatic carbocycles. The van der Waals surface area contributed by atoms with Crippen LogP contribution in [0.2, 0.25) is 0 Å². The largest absolute Gasteiger partial charge is 0.756 e. The van der Waals surface area contributed by atoms with E-state index >= 15 is 0 Å². The highest BCUT2D eigenvalue weighted by atomic mass is 31.2. The quantitative estimate of drug-likeness (QED) is 0.0272. The molecule has 0 aromatic heterocycles. The molecule has 0 aliphatic heterocycles. The molecule has 3 atom stereocenters. The lowest BCUT2D eigenvalue weighted by molar-refractivity contribution is -0.870. The van der Waals surface area contributed by atoms with E-state index in [1.54, 1.807) is 6.08 Å². The summed E-state index contributed by atoms with van der Waals surface area (Å²) in [6.45, 7) is 4.50. The number of nitrogens with one attached hydrogen (secondary N) is 1. The molecule has 82 heavy (non-hydrogen) atoms. The first-order valence-electron chi connectivity index (χ1n) is 33.2. The molecule has 1 amide bonds. The minimum absolute atomic E-state index is 0.0196. The van der Waals surface area contributed by atoms with Gasteiger partial charge >= 0.3 is 0 Å². The van der Waals surface area contributed by atoms with Gasteiger partial charge < -0.3 is 28.8 Å². The van der Waals surface area contributed by atoms with Gasteiger partial charge in [-0.25, -0.2) is 0 Å². The van der Waals surface area contributed by atoms with E-state index in [0.717, 1.165) is 109 Å². The minimum atomic E-state index is -4.63. The molecule has 0 saturated carbocycles. The molecule has 8 nitrogen and oxygen atoms in total. The summed E-state index contributed by atoms with van der Waals surface area (Å²) in [5, 5.41) is 13.9. The van der Waals surface area contributed by atoms with E-state index in [2.05, 4.69) is 153 Å². The van der Waals surface area contributed by atoms with E-state index < -0.39 is 26.6 Å². The highest BCUT2D eigenvalue weighted by molar-refractivity contribution is 7.45. The number of phosphoric ester groups is 1. The van der Waals surface area contributed by atoms with Gasteiger partial charge in [0, 0.05) is 6.42 Å². The maximum absolute atomic E-state index is 13.0. The summed E-state index contributed by atoms with van der Waals surface area (Å²) in [5.41, 5.74) is 0. The van der Waals surface area contributed by atoms with Gasteiger partial charge in [-0.05, 0) is 109 Å². The van der Waals surface area contributed by atoms with E-state index in [1.165, 1.54) is 122 Å². The van der Waals surface area contributed by atoms with Crippen molar-refractivity contribution in [2.75, 3.05) is 40.9 Å². The fourth-order valence-corrected chi connectivity index (χ4v) is 9.63. The van der Waals surface area contributed by atoms with Crippen LogP contribution < -0.4 is 10.2 Å². The van der Waals surface area contributed by atoms with Crippen molar-refractivity contribution < 1.29 is 32.9 Å². The standard InChI is InChI=1S/C73H125N2O6P/c1-6-8-10-12-14-16-18-20-22-24-26-28-30-32-33-34-35-36-37-38-39-40-41-43-45-47-49-51-53-55-57-59-61-63-65-67-73(77)74-71(70-81-82(78,79)80-69-68-75(3,4)5)72(76)66-64-62-60-58-56-54-52-50-48-46-44-42-31-29-27-25-23-21-19-17-15-13-11-9-7-2/h8,10,14,16,20,22,26,28,32-33,35-36,38-39,41,43,47,49,53,55-56,58,64,66,71-72,76H,6-7,9,11-13,15,17-19,21,23-25,27,29-31,34,37,40,42,44-46,48,50-52,54,57,59-63,65,67-70H2,1-5H3,(H-,74,77,78,79)/b10-8-,16-14-,22-20-,28-26-,33-32-,36-35-,39-38-,43-41-,49-47-,55-53-,58-56+,66-64+. The predicted molar refractivity (Wildman–Crippen MR) is 357 cm³/mol. The number of phosphoric acid groups is 1. The summed E-state index contributed by atoms with van der Waals surface area (Å²) in [7, 11) is 1.21. The third kappa shape index (κ3) is 64.0. The number of amides is 1. The Bertz CT molecular complexity index is 1840. The number of nitrogens with zero attached hydrogens (tertiary/aromatic N) is 1. The second-order valence-electron chi connectivity index (χ2n) is 23.1. The van der Waals surface area contributed by atoms with Crippen LogP contribution in [0.4, 0.5) is 0 Å². The minimum Gasteiger partial charge on any atom is -0.756 e. The van der Waals surface area contributed by atoms with Gasteiger partial charge in [0.1, 0.15) is 13.2 Å². The molecule has 0 fully saturated rings. The van der Waals surface area contributed by atoms with Crippen LogP contribution in [0, 0.1) is 0 Å². The van der Waals surface area contributed by atoms with Crippen molar-refractivity contribution in [2.45, 2.75) is 270 Å². The summed E-state index contributed by atoms with van der Waals surface area (Å²) in [6.07, 6.45) is 95.2. The third-order valence-electron chi connectivity index (χ3n) is 14.0. The second-order valence-corrected chi connectivity index (χ2v) is 24.5. The van der Waals surface area contributed by atoms with Gasteiger partial charge in [-0.1, -0.05) is 288 Å². The Morgan fingerprint density at radius 2 is 0.756 bits per heavy atom. The maximum atomic E-state index is 13.0. The molecule has 0 aromatic carbocycles. The molecule has 0 spiro atoms. The molecular formula is C73H125N2O6P. The van der Waals surface area contributed by atoms with Crippen molar-refractivity contribution >= 4 is 13.7 Å². The molecule has 0 bridgehead atoms. The number of hydrogen-bond acceptors (Lipinski definition) is 6. The zero-order valence-electron chi connectivity index (χ0n) is 53.4. The van der Waals surface area contributed by atoms with Crippen molar-refractivity contribution in [2.24, 2.45) is 0 Å². The maximum Gasteiger partial charge on any atom is 0.268 e. The van der Waals surface area contributed by atoms with Crippen molar-refractivity contribution in [1.82, 2.24) is 5.32 Å². The zero-order chi connectivity index (χ0) is 59.8. The number of rotatable bonds is 59. The highest BCUT2D eigenvalue weighted by Gasteiger charge is 2.23. The molecule has 0 aromatic rings. The van der Waals surface area contributed by atoms with E-state index in [-0.39, 0.29) is 12.5 Å². The molecule has 0 aliphatic rings. The Labute approximate surface area is 506 Å². The first-order chi connectivity index (χ1) is 40.0. The van der Waals surface area contributed by atoms with Crippen molar-refractivity contribution in [3.8, 4) is 0 Å². The number of unbranched alkanes of at least 4 members (excludes halogenated alkanes) is 24. The van der Waals surface area contributed by atoms with Crippen LogP contribution in [0.3, 0.4) is 0 Å². The molecule has 2 N–H and O–H groups in total. The van der Waals surface area contributed by atoms with Crippen LogP contribution in [0.15, 0.2) is 146 Å². The van der Waals surface area contributed by atoms with Crippen LogP contribution in [0.5, 0.6) is 0 Å². The summed E-state index contributed by atoms with van der Waals surface area (Å²) in [5.74, 6) is -0.236. The van der Waals surface area contributed by atoms with E-state index in [9.17, 15) is 19.4 Å². The molecule has 468 valence electrons. The predicted octanol–water partition coefficient (Wildman–Crippen LogP) is 20.6. The number of aliphatic hydroxyl groups is 1. The number of aliphatic hydroxyl groups excluding tert-OH is 1. The van der Waals surface area contributed by atoms with Gasteiger partial charge in [0.05, 0.1) is 39.9 Å². The molecule has 0 heterocycles. The van der Waals surface area contributed by atoms with E-state index in [4.69, 9.17) is 9.05 Å². The number of carbonyl (C=O) groups excluding carboxylic acids is 1. The lowest BCUT2D eigenvalue weighted by Crippen LogP contribution is -2.45. The number of allylic oxidation sites excluding steroid dienone is 23. The summed E-state index contributed by atoms with van der Waals surface area (Å²) in [6, 6.07) is -0.930. The van der Waals surface area contributed by atoms with Crippen LogP contribution >= 0.6 is 7.82 Å². The van der Waals surface area contributed by atoms with Gasteiger partial charge in [-0.15, -0.1) is 0 Å². The van der Waals surface area contributed by atoms with E-state index in [0.29, 0.717) is 23.9 Å². The van der Waals surface area contributed by atoms with Gasteiger partial charge in [0.2, 0.25) is 5.91 Å². The molecular weight excluding hydrogens is 1030 g/mol. The van der Waals surface area contributed by atoms with Crippen molar-refractivity contribution in [3.05, 3.63) is 146 Å². The number of quaternary nitrogens is 1. The van der Waals surface area contributed by atoms with Gasteiger partial charge in [0.15, 0.2) is 0 Å². The Morgan fingerprint density at radius 3 is 1.13 bits per heavy atom. The lowest BCUT2D eigenvalue weighted by atomic mass is 10.0. The molecule has 0 saturated heterocycles. The highest BCUT2D eigenvalue weighted by Crippen LogP contribution is 2.38. The normalized spacial score (nSPS) is 14.7. The van der Waals surface area contributed by atoms with Gasteiger partial charge in [-0.3, -0.25) is 9.36 Å². The zero-order valence-corrected chi connectivity index (χ0v) is 54.3. The lowest BCUT2D eigenvalue weighted by Gasteiger charge is -2.29. The smallest absolute Gasteiger partial charge is 0.268 e.